The van der Waals surface area contributed by atoms with Crippen molar-refractivity contribution >= 4 is 22.2 Å². The van der Waals surface area contributed by atoms with E-state index >= 15 is 0 Å². The number of rotatable bonds is 5. The first-order valence-electron chi connectivity index (χ1n) is 9.52. The fraction of sp³-hybridized carbons (Fsp3) is 0.421. The van der Waals surface area contributed by atoms with Crippen LogP contribution in [0.4, 0.5) is 0 Å². The van der Waals surface area contributed by atoms with Gasteiger partial charge >= 0.3 is 0 Å². The summed E-state index contributed by atoms with van der Waals surface area (Å²) in [4.78, 5) is 0. The van der Waals surface area contributed by atoms with Crippen LogP contribution in [0.15, 0.2) is 36.7 Å². The zero-order chi connectivity index (χ0) is 20.6. The largest absolute Gasteiger partial charge is 0.269 e. The van der Waals surface area contributed by atoms with Crippen LogP contribution in [0.2, 0.25) is 0 Å². The van der Waals surface area contributed by atoms with Crippen LogP contribution in [0, 0.1) is 11.7 Å². The van der Waals surface area contributed by atoms with Gasteiger partial charge in [0.1, 0.15) is 5.82 Å². The molecular formula is C19H24N6O2S2. The lowest BCUT2D eigenvalue weighted by molar-refractivity contribution is 0.313. The Hall–Kier alpha value is -2.30. The minimum atomic E-state index is -3.15. The quantitative estimate of drug-likeness (QED) is 0.626. The number of sulfonamides is 1. The molecule has 1 fully saturated rings. The lowest BCUT2D eigenvalue weighted by atomic mass is 9.97. The summed E-state index contributed by atoms with van der Waals surface area (Å²) in [6.07, 6.45) is 6.43. The number of aromatic nitrogens is 5. The molecule has 0 spiro atoms. The van der Waals surface area contributed by atoms with E-state index in [-0.39, 0.29) is 5.92 Å². The van der Waals surface area contributed by atoms with Crippen LogP contribution in [-0.4, -0.2) is 56.6 Å². The zero-order valence-electron chi connectivity index (χ0n) is 16.4. The van der Waals surface area contributed by atoms with Crippen LogP contribution in [-0.2, 0) is 16.6 Å². The summed E-state index contributed by atoms with van der Waals surface area (Å²) >= 11 is 5.46. The Labute approximate surface area is 175 Å². The fourth-order valence-corrected chi connectivity index (χ4v) is 4.83. The molecule has 4 rings (SSSR count). The van der Waals surface area contributed by atoms with E-state index in [0.717, 1.165) is 11.5 Å². The summed E-state index contributed by atoms with van der Waals surface area (Å²) in [6, 6.07) is 8.38. The first-order valence-corrected chi connectivity index (χ1v) is 11.8. The zero-order valence-corrected chi connectivity index (χ0v) is 18.1. The minimum Gasteiger partial charge on any atom is -0.269 e. The van der Waals surface area contributed by atoms with Gasteiger partial charge in [0.2, 0.25) is 10.0 Å². The van der Waals surface area contributed by atoms with Gasteiger partial charge in [0.15, 0.2) is 4.77 Å². The lowest BCUT2D eigenvalue weighted by Gasteiger charge is -2.29. The molecule has 29 heavy (non-hydrogen) atoms. The number of hydrogen-bond acceptors (Lipinski definition) is 5. The van der Waals surface area contributed by atoms with Crippen molar-refractivity contribution in [3.05, 3.63) is 58.4 Å². The molecule has 0 unspecified atom stereocenters. The van der Waals surface area contributed by atoms with Gasteiger partial charge in [-0.3, -0.25) is 14.3 Å². The van der Waals surface area contributed by atoms with Crippen molar-refractivity contribution in [2.45, 2.75) is 32.2 Å². The molecule has 0 aliphatic carbocycles. The van der Waals surface area contributed by atoms with Crippen molar-refractivity contribution in [3.63, 3.8) is 0 Å². The Kier molecular flexibility index (Phi) is 5.41. The lowest BCUT2D eigenvalue weighted by Crippen LogP contribution is -2.37. The van der Waals surface area contributed by atoms with E-state index in [0.29, 0.717) is 37.2 Å². The summed E-state index contributed by atoms with van der Waals surface area (Å²) < 4.78 is 29.4. The number of benzene rings is 1. The molecule has 8 nitrogen and oxygen atoms in total. The topological polar surface area (TPSA) is 88.8 Å². The Balaban J connectivity index is 1.55. The van der Waals surface area contributed by atoms with Crippen LogP contribution < -0.4 is 0 Å². The molecule has 10 heteroatoms. The van der Waals surface area contributed by atoms with E-state index in [9.17, 15) is 8.42 Å². The van der Waals surface area contributed by atoms with Gasteiger partial charge in [-0.2, -0.15) is 10.2 Å². The maximum absolute atomic E-state index is 11.8. The van der Waals surface area contributed by atoms with Crippen molar-refractivity contribution in [2.24, 2.45) is 0 Å². The second kappa shape index (κ2) is 7.85. The third-order valence-electron chi connectivity index (χ3n) is 5.33. The molecule has 1 N–H and O–H groups in total. The van der Waals surface area contributed by atoms with Gasteiger partial charge < -0.3 is 0 Å². The van der Waals surface area contributed by atoms with Crippen molar-refractivity contribution in [1.82, 2.24) is 28.9 Å². The average Bonchev–Trinajstić information content (AvgIpc) is 3.29. The maximum Gasteiger partial charge on any atom is 0.211 e. The molecule has 1 aliphatic rings. The van der Waals surface area contributed by atoms with Crippen LogP contribution in [0.1, 0.15) is 35.7 Å². The summed E-state index contributed by atoms with van der Waals surface area (Å²) in [5, 5.41) is 11.8. The summed E-state index contributed by atoms with van der Waals surface area (Å²) in [5.41, 5.74) is 3.26. The number of piperidine rings is 1. The van der Waals surface area contributed by atoms with Crippen LogP contribution in [0.3, 0.4) is 0 Å². The summed E-state index contributed by atoms with van der Waals surface area (Å²) in [5.74, 6) is 0.972. The van der Waals surface area contributed by atoms with Crippen molar-refractivity contribution in [1.29, 1.82) is 0 Å². The fourth-order valence-electron chi connectivity index (χ4n) is 3.71. The second-order valence-electron chi connectivity index (χ2n) is 7.54. The third-order valence-corrected chi connectivity index (χ3v) is 6.91. The van der Waals surface area contributed by atoms with Gasteiger partial charge in [0, 0.05) is 25.2 Å². The number of H-pyrrole nitrogens is 1. The van der Waals surface area contributed by atoms with Gasteiger partial charge in [-0.25, -0.2) is 12.7 Å². The van der Waals surface area contributed by atoms with Gasteiger partial charge in [0.25, 0.3) is 0 Å². The first-order chi connectivity index (χ1) is 13.8. The molecule has 0 saturated carbocycles. The highest BCUT2D eigenvalue weighted by atomic mass is 32.2. The molecule has 0 radical (unpaired) electrons. The Bertz CT molecular complexity index is 1150. The molecule has 3 heterocycles. The van der Waals surface area contributed by atoms with Crippen LogP contribution in [0.5, 0.6) is 0 Å². The predicted molar refractivity (Wildman–Crippen MR) is 113 cm³/mol. The Morgan fingerprint density at radius 1 is 1.21 bits per heavy atom. The smallest absolute Gasteiger partial charge is 0.211 e. The predicted octanol–water partition coefficient (Wildman–Crippen LogP) is 2.62. The normalized spacial score (nSPS) is 16.3. The monoisotopic (exact) mass is 432 g/mol. The molecule has 1 aromatic carbocycles. The number of aromatic amines is 1. The minimum absolute atomic E-state index is 0.140. The third kappa shape index (κ3) is 4.34. The van der Waals surface area contributed by atoms with Crippen LogP contribution in [0.25, 0.3) is 5.69 Å². The molecule has 3 aromatic rings. The van der Waals surface area contributed by atoms with Gasteiger partial charge in [0.05, 0.1) is 24.7 Å². The van der Waals surface area contributed by atoms with Crippen molar-refractivity contribution in [2.75, 3.05) is 19.3 Å². The molecule has 1 saturated heterocycles. The molecule has 2 aromatic heterocycles. The average molecular weight is 433 g/mol. The van der Waals surface area contributed by atoms with E-state index in [2.05, 4.69) is 46.5 Å². The number of hydrogen-bond donors (Lipinski definition) is 1. The van der Waals surface area contributed by atoms with Gasteiger partial charge in [-0.05, 0) is 37.5 Å². The SMILES string of the molecule is Cc1ccc(Cn2cc(-n3c(C4CCN(S(C)(=O)=O)CC4)n[nH]c3=S)cn2)cc1. The van der Waals surface area contributed by atoms with Crippen molar-refractivity contribution < 1.29 is 8.42 Å². The van der Waals surface area contributed by atoms with E-state index in [1.165, 1.54) is 21.7 Å². The van der Waals surface area contributed by atoms with Gasteiger partial charge in [-0.1, -0.05) is 29.8 Å². The number of nitrogens with zero attached hydrogens (tertiary/aromatic N) is 5. The van der Waals surface area contributed by atoms with Crippen molar-refractivity contribution in [3.8, 4) is 5.69 Å². The van der Waals surface area contributed by atoms with E-state index < -0.39 is 10.0 Å². The number of nitrogens with one attached hydrogen (secondary N) is 1. The number of aryl methyl sites for hydroxylation is 1. The molecule has 0 atom stereocenters. The highest BCUT2D eigenvalue weighted by Gasteiger charge is 2.29. The summed E-state index contributed by atoms with van der Waals surface area (Å²) in [7, 11) is -3.15. The highest BCUT2D eigenvalue weighted by molar-refractivity contribution is 7.88. The maximum atomic E-state index is 11.8. The second-order valence-corrected chi connectivity index (χ2v) is 9.91. The van der Waals surface area contributed by atoms with Gasteiger partial charge in [-0.15, -0.1) is 0 Å². The Morgan fingerprint density at radius 3 is 2.55 bits per heavy atom. The summed E-state index contributed by atoms with van der Waals surface area (Å²) in [6.45, 7) is 3.73. The highest BCUT2D eigenvalue weighted by Crippen LogP contribution is 2.29. The molecular weight excluding hydrogens is 408 g/mol. The van der Waals surface area contributed by atoms with E-state index in [4.69, 9.17) is 12.2 Å². The molecule has 1 aliphatic heterocycles. The van der Waals surface area contributed by atoms with Crippen LogP contribution >= 0.6 is 12.2 Å². The molecule has 154 valence electrons. The Morgan fingerprint density at radius 2 is 1.90 bits per heavy atom. The molecule has 0 bridgehead atoms. The van der Waals surface area contributed by atoms with E-state index in [1.54, 1.807) is 6.20 Å². The molecule has 0 amide bonds. The van der Waals surface area contributed by atoms with E-state index in [1.807, 2.05) is 15.4 Å². The first kappa shape index (κ1) is 20.0. The standard InChI is InChI=1S/C19H24N6O2S2/c1-14-3-5-15(6-4-14)12-23-13-17(11-20-23)25-18(21-22-19(25)28)16-7-9-24(10-8-16)29(2,26)27/h3-6,11,13,16H,7-10,12H2,1-2H3,(H,22,28).